The molecule has 0 atom stereocenters. The van der Waals surface area contributed by atoms with E-state index in [0.717, 1.165) is 11.4 Å². The third-order valence-corrected chi connectivity index (χ3v) is 5.98. The minimum absolute atomic E-state index is 0.145. The van der Waals surface area contributed by atoms with E-state index >= 15 is 0 Å². The van der Waals surface area contributed by atoms with E-state index in [1.54, 1.807) is 6.07 Å². The summed E-state index contributed by atoms with van der Waals surface area (Å²) in [5.74, 6) is 0.254. The Bertz CT molecular complexity index is 839. The molecule has 2 aromatic rings. The number of para-hydroxylation sites is 2. The van der Waals surface area contributed by atoms with E-state index in [9.17, 15) is 13.2 Å². The Morgan fingerprint density at radius 1 is 0.962 bits per heavy atom. The van der Waals surface area contributed by atoms with Gasteiger partial charge < -0.3 is 10.6 Å². The van der Waals surface area contributed by atoms with Crippen LogP contribution >= 0.6 is 0 Å². The van der Waals surface area contributed by atoms with Crippen molar-refractivity contribution in [2.75, 3.05) is 43.0 Å². The molecule has 1 fully saturated rings. The van der Waals surface area contributed by atoms with Crippen LogP contribution in [0.25, 0.3) is 0 Å². The Balaban J connectivity index is 1.55. The van der Waals surface area contributed by atoms with Gasteiger partial charge in [0.25, 0.3) is 5.91 Å². The second-order valence-electron chi connectivity index (χ2n) is 6.29. The Morgan fingerprint density at radius 2 is 1.62 bits per heavy atom. The molecule has 0 unspecified atom stereocenters. The Labute approximate surface area is 154 Å². The lowest BCUT2D eigenvalue weighted by atomic mass is 10.1. The molecule has 1 aliphatic heterocycles. The van der Waals surface area contributed by atoms with E-state index in [1.165, 1.54) is 0 Å². The predicted octanol–water partition coefficient (Wildman–Crippen LogP) is 1.89. The number of anilines is 2. The lowest BCUT2D eigenvalue weighted by molar-refractivity contribution is 0.0949. The third kappa shape index (κ3) is 5.06. The van der Waals surface area contributed by atoms with Crippen LogP contribution in [0.5, 0.6) is 0 Å². The number of hydrogen-bond acceptors (Lipinski definition) is 5. The van der Waals surface area contributed by atoms with Crippen molar-refractivity contribution in [2.24, 2.45) is 0 Å². The van der Waals surface area contributed by atoms with Crippen LogP contribution in [0.1, 0.15) is 10.4 Å². The van der Waals surface area contributed by atoms with Crippen molar-refractivity contribution in [1.82, 2.24) is 10.2 Å². The predicted molar refractivity (Wildman–Crippen MR) is 104 cm³/mol. The number of sulfone groups is 1. The first kappa shape index (κ1) is 18.4. The molecule has 26 heavy (non-hydrogen) atoms. The molecule has 0 radical (unpaired) electrons. The van der Waals surface area contributed by atoms with Crippen LogP contribution in [-0.4, -0.2) is 56.9 Å². The number of rotatable bonds is 6. The molecule has 0 aliphatic carbocycles. The monoisotopic (exact) mass is 373 g/mol. The minimum Gasteiger partial charge on any atom is -0.355 e. The molecule has 1 saturated heterocycles. The fourth-order valence-corrected chi connectivity index (χ4v) is 4.14. The summed E-state index contributed by atoms with van der Waals surface area (Å²) in [7, 11) is -2.87. The van der Waals surface area contributed by atoms with E-state index < -0.39 is 9.84 Å². The number of nitrogens with zero attached hydrogens (tertiary/aromatic N) is 1. The van der Waals surface area contributed by atoms with Gasteiger partial charge in [-0.25, -0.2) is 8.42 Å². The maximum Gasteiger partial charge on any atom is 0.253 e. The lowest BCUT2D eigenvalue weighted by Crippen LogP contribution is -2.43. The second-order valence-corrected chi connectivity index (χ2v) is 8.59. The summed E-state index contributed by atoms with van der Waals surface area (Å²) >= 11 is 0. The molecule has 1 aliphatic rings. The highest BCUT2D eigenvalue weighted by Crippen LogP contribution is 2.20. The van der Waals surface area contributed by atoms with Gasteiger partial charge in [-0.05, 0) is 24.3 Å². The van der Waals surface area contributed by atoms with Crippen molar-refractivity contribution in [1.29, 1.82) is 0 Å². The molecule has 1 amide bonds. The van der Waals surface area contributed by atoms with Gasteiger partial charge in [-0.3, -0.25) is 9.69 Å². The maximum atomic E-state index is 12.5. The van der Waals surface area contributed by atoms with Gasteiger partial charge in [-0.1, -0.05) is 30.3 Å². The van der Waals surface area contributed by atoms with Gasteiger partial charge in [0, 0.05) is 31.9 Å². The first-order chi connectivity index (χ1) is 12.5. The Morgan fingerprint density at radius 3 is 2.35 bits per heavy atom. The molecule has 1 heterocycles. The topological polar surface area (TPSA) is 78.5 Å². The summed E-state index contributed by atoms with van der Waals surface area (Å²) in [5.41, 5.74) is 2.25. The van der Waals surface area contributed by atoms with Gasteiger partial charge in [0.2, 0.25) is 0 Å². The molecular weight excluding hydrogens is 350 g/mol. The summed E-state index contributed by atoms with van der Waals surface area (Å²) in [6, 6.07) is 17.1. The van der Waals surface area contributed by atoms with Gasteiger partial charge in [0.1, 0.15) is 0 Å². The zero-order valence-corrected chi connectivity index (χ0v) is 15.3. The Kier molecular flexibility index (Phi) is 5.90. The van der Waals surface area contributed by atoms with E-state index in [1.807, 2.05) is 48.5 Å². The zero-order chi connectivity index (χ0) is 18.4. The first-order valence-electron chi connectivity index (χ1n) is 8.66. The Hall–Kier alpha value is -2.38. The van der Waals surface area contributed by atoms with Gasteiger partial charge >= 0.3 is 0 Å². The lowest BCUT2D eigenvalue weighted by Gasteiger charge is -2.26. The van der Waals surface area contributed by atoms with Crippen LogP contribution in [0, 0.1) is 0 Å². The van der Waals surface area contributed by atoms with Crippen LogP contribution in [0.15, 0.2) is 54.6 Å². The summed E-state index contributed by atoms with van der Waals surface area (Å²) in [6.07, 6.45) is 0. The van der Waals surface area contributed by atoms with Crippen molar-refractivity contribution in [2.45, 2.75) is 0 Å². The van der Waals surface area contributed by atoms with Crippen molar-refractivity contribution in [3.8, 4) is 0 Å². The quantitative estimate of drug-likeness (QED) is 0.808. The molecule has 3 rings (SSSR count). The molecule has 0 saturated carbocycles. The summed E-state index contributed by atoms with van der Waals surface area (Å²) in [6.45, 7) is 2.20. The fraction of sp³-hybridized carbons (Fsp3) is 0.316. The number of hydrogen-bond donors (Lipinski definition) is 2. The average Bonchev–Trinajstić information content (AvgIpc) is 2.64. The summed E-state index contributed by atoms with van der Waals surface area (Å²) in [4.78, 5) is 14.6. The molecule has 2 N–H and O–H groups in total. The molecule has 0 bridgehead atoms. The van der Waals surface area contributed by atoms with E-state index in [-0.39, 0.29) is 17.4 Å². The van der Waals surface area contributed by atoms with E-state index in [2.05, 4.69) is 15.5 Å². The van der Waals surface area contributed by atoms with Gasteiger partial charge in [0.15, 0.2) is 9.84 Å². The largest absolute Gasteiger partial charge is 0.355 e. The second kappa shape index (κ2) is 8.33. The van der Waals surface area contributed by atoms with Gasteiger partial charge in [0.05, 0.1) is 22.8 Å². The number of carbonyl (C=O) groups excluding carboxylic acids is 1. The molecule has 138 valence electrons. The third-order valence-electron chi connectivity index (χ3n) is 4.38. The van der Waals surface area contributed by atoms with Crippen LogP contribution in [0.3, 0.4) is 0 Å². The summed E-state index contributed by atoms with van der Waals surface area (Å²) in [5, 5.41) is 6.19. The highest BCUT2D eigenvalue weighted by molar-refractivity contribution is 7.91. The number of carbonyl (C=O) groups is 1. The van der Waals surface area contributed by atoms with E-state index in [0.29, 0.717) is 31.7 Å². The number of benzene rings is 2. The molecule has 7 heteroatoms. The molecule has 0 spiro atoms. The highest BCUT2D eigenvalue weighted by atomic mass is 32.2. The number of amides is 1. The van der Waals surface area contributed by atoms with Crippen molar-refractivity contribution >= 4 is 27.1 Å². The zero-order valence-electron chi connectivity index (χ0n) is 14.5. The van der Waals surface area contributed by atoms with Gasteiger partial charge in [-0.15, -0.1) is 0 Å². The molecule has 2 aromatic carbocycles. The van der Waals surface area contributed by atoms with Crippen molar-refractivity contribution < 1.29 is 13.2 Å². The molecular formula is C19H23N3O3S. The van der Waals surface area contributed by atoms with Crippen LogP contribution in [-0.2, 0) is 9.84 Å². The van der Waals surface area contributed by atoms with Crippen molar-refractivity contribution in [3.63, 3.8) is 0 Å². The minimum atomic E-state index is -2.87. The standard InChI is InChI=1S/C19H23N3O3S/c23-19(20-10-11-22-12-14-26(24,25)15-13-22)17-8-4-5-9-18(17)21-16-6-2-1-3-7-16/h1-9,21H,10-15H2,(H,20,23). The smallest absolute Gasteiger partial charge is 0.253 e. The maximum absolute atomic E-state index is 12.5. The highest BCUT2D eigenvalue weighted by Gasteiger charge is 2.21. The first-order valence-corrected chi connectivity index (χ1v) is 10.5. The molecule has 0 aromatic heterocycles. The average molecular weight is 373 g/mol. The molecule has 6 nitrogen and oxygen atoms in total. The fourth-order valence-electron chi connectivity index (χ4n) is 2.86. The van der Waals surface area contributed by atoms with Crippen LogP contribution < -0.4 is 10.6 Å². The van der Waals surface area contributed by atoms with Crippen LogP contribution in [0.4, 0.5) is 11.4 Å². The summed E-state index contributed by atoms with van der Waals surface area (Å²) < 4.78 is 22.9. The van der Waals surface area contributed by atoms with Crippen molar-refractivity contribution in [3.05, 3.63) is 60.2 Å². The van der Waals surface area contributed by atoms with Gasteiger partial charge in [-0.2, -0.15) is 0 Å². The SMILES string of the molecule is O=C(NCCN1CCS(=O)(=O)CC1)c1ccccc1Nc1ccccc1. The number of nitrogens with one attached hydrogen (secondary N) is 2. The normalized spacial score (nSPS) is 16.8. The van der Waals surface area contributed by atoms with Crippen LogP contribution in [0.2, 0.25) is 0 Å². The van der Waals surface area contributed by atoms with E-state index in [4.69, 9.17) is 0 Å².